The highest BCUT2D eigenvalue weighted by Gasteiger charge is 2.32. The summed E-state index contributed by atoms with van der Waals surface area (Å²) in [5, 5.41) is 18.0. The molecule has 0 fully saturated rings. The summed E-state index contributed by atoms with van der Waals surface area (Å²) >= 11 is 0. The van der Waals surface area contributed by atoms with E-state index in [2.05, 4.69) is 4.98 Å². The van der Waals surface area contributed by atoms with Gasteiger partial charge in [-0.05, 0) is 13.0 Å². The summed E-state index contributed by atoms with van der Waals surface area (Å²) in [5.41, 5.74) is -1.05. The average Bonchev–Trinajstić information content (AvgIpc) is 2.77. The van der Waals surface area contributed by atoms with Gasteiger partial charge < -0.3 is 14.9 Å². The first kappa shape index (κ1) is 13.2. The maximum absolute atomic E-state index is 11.6. The van der Waals surface area contributed by atoms with E-state index < -0.39 is 36.2 Å². The van der Waals surface area contributed by atoms with Crippen molar-refractivity contribution in [2.24, 2.45) is 0 Å². The molecule has 3 N–H and O–H groups in total. The summed E-state index contributed by atoms with van der Waals surface area (Å²) in [6, 6.07) is 0. The van der Waals surface area contributed by atoms with Crippen LogP contribution in [0.2, 0.25) is 0 Å². The van der Waals surface area contributed by atoms with Crippen LogP contribution < -0.4 is 11.2 Å². The van der Waals surface area contributed by atoms with Crippen molar-refractivity contribution in [1.29, 1.82) is 0 Å². The van der Waals surface area contributed by atoms with Gasteiger partial charge in [0.2, 0.25) is 0 Å². The highest BCUT2D eigenvalue weighted by atomic mass is 16.5. The zero-order chi connectivity index (χ0) is 14.2. The number of nitrogens with one attached hydrogen (secondary N) is 1. The van der Waals surface area contributed by atoms with Crippen LogP contribution in [-0.2, 0) is 9.53 Å². The summed E-state index contributed by atoms with van der Waals surface area (Å²) < 4.78 is 6.33. The lowest BCUT2D eigenvalue weighted by molar-refractivity contribution is -0.134. The van der Waals surface area contributed by atoms with Crippen LogP contribution in [-0.4, -0.2) is 38.4 Å². The molecule has 0 aliphatic carbocycles. The second-order valence-corrected chi connectivity index (χ2v) is 4.10. The first-order valence-corrected chi connectivity index (χ1v) is 5.47. The van der Waals surface area contributed by atoms with Crippen LogP contribution in [0.15, 0.2) is 27.4 Å². The van der Waals surface area contributed by atoms with Crippen molar-refractivity contribution in [1.82, 2.24) is 9.55 Å². The summed E-state index contributed by atoms with van der Waals surface area (Å²) in [5.74, 6) is -1.23. The number of carboxylic acid groups (broad SMARTS) is 1. The molecule has 0 bridgehead atoms. The predicted molar refractivity (Wildman–Crippen MR) is 62.8 cm³/mol. The maximum Gasteiger partial charge on any atom is 0.334 e. The van der Waals surface area contributed by atoms with Crippen molar-refractivity contribution in [3.63, 3.8) is 0 Å². The molecule has 0 radical (unpaired) electrons. The number of ether oxygens (including phenoxy) is 1. The molecule has 2 rings (SSSR count). The fraction of sp³-hybridized carbons (Fsp3) is 0.364. The van der Waals surface area contributed by atoms with Gasteiger partial charge in [0.1, 0.15) is 6.10 Å². The van der Waals surface area contributed by atoms with E-state index in [1.165, 1.54) is 19.2 Å². The zero-order valence-electron chi connectivity index (χ0n) is 9.99. The molecule has 1 aromatic rings. The van der Waals surface area contributed by atoms with Crippen LogP contribution in [0.4, 0.5) is 0 Å². The first-order chi connectivity index (χ1) is 8.93. The highest BCUT2D eigenvalue weighted by Crippen LogP contribution is 2.25. The Kier molecular flexibility index (Phi) is 3.36. The number of aliphatic carboxylic acids is 1. The molecule has 8 heteroatoms. The molecule has 102 valence electrons. The first-order valence-electron chi connectivity index (χ1n) is 5.47. The molecular weight excluding hydrogens is 256 g/mol. The Morgan fingerprint density at radius 2 is 2.21 bits per heavy atom. The molecular formula is C11H12N2O6. The minimum Gasteiger partial charge on any atom is -0.478 e. The van der Waals surface area contributed by atoms with Crippen molar-refractivity contribution >= 4 is 5.97 Å². The number of carboxylic acids is 1. The molecule has 1 unspecified atom stereocenters. The zero-order valence-corrected chi connectivity index (χ0v) is 9.99. The Morgan fingerprint density at radius 1 is 1.53 bits per heavy atom. The largest absolute Gasteiger partial charge is 0.478 e. The Balaban J connectivity index is 2.45. The van der Waals surface area contributed by atoms with Gasteiger partial charge in [0.25, 0.3) is 5.56 Å². The summed E-state index contributed by atoms with van der Waals surface area (Å²) in [7, 11) is 0. The monoisotopic (exact) mass is 268 g/mol. The molecule has 1 aromatic heterocycles. The van der Waals surface area contributed by atoms with E-state index in [-0.39, 0.29) is 5.57 Å². The molecule has 19 heavy (non-hydrogen) atoms. The Morgan fingerprint density at radius 3 is 2.74 bits per heavy atom. The topological polar surface area (TPSA) is 122 Å². The van der Waals surface area contributed by atoms with Gasteiger partial charge in [0.15, 0.2) is 6.23 Å². The van der Waals surface area contributed by atoms with Crippen LogP contribution in [0, 0.1) is 6.92 Å². The van der Waals surface area contributed by atoms with Crippen molar-refractivity contribution in [3.05, 3.63) is 44.2 Å². The SMILES string of the molecule is Cc1cn(C2C=C(C(=O)O)[C@@H](CO)O2)c(=O)[nH]c1=O. The molecule has 0 saturated carbocycles. The van der Waals surface area contributed by atoms with Gasteiger partial charge in [-0.25, -0.2) is 9.59 Å². The quantitative estimate of drug-likeness (QED) is 0.629. The summed E-state index contributed by atoms with van der Waals surface area (Å²) in [6.45, 7) is 1.00. The third kappa shape index (κ3) is 2.35. The number of rotatable bonds is 3. The van der Waals surface area contributed by atoms with E-state index in [4.69, 9.17) is 14.9 Å². The van der Waals surface area contributed by atoms with E-state index in [0.29, 0.717) is 5.56 Å². The molecule has 2 heterocycles. The second kappa shape index (κ2) is 4.82. The Labute approximate surface area is 106 Å². The van der Waals surface area contributed by atoms with Crippen LogP contribution in [0.3, 0.4) is 0 Å². The van der Waals surface area contributed by atoms with Gasteiger partial charge >= 0.3 is 11.7 Å². The minimum absolute atomic E-state index is 0.122. The van der Waals surface area contributed by atoms with Gasteiger partial charge in [-0.15, -0.1) is 0 Å². The molecule has 1 aliphatic heterocycles. The van der Waals surface area contributed by atoms with Crippen molar-refractivity contribution in [3.8, 4) is 0 Å². The number of nitrogens with zero attached hydrogens (tertiary/aromatic N) is 1. The molecule has 0 aromatic carbocycles. The van der Waals surface area contributed by atoms with E-state index in [1.54, 1.807) is 0 Å². The predicted octanol–water partition coefficient (Wildman–Crippen LogP) is -1.25. The van der Waals surface area contributed by atoms with E-state index in [0.717, 1.165) is 4.57 Å². The molecule has 8 nitrogen and oxygen atoms in total. The smallest absolute Gasteiger partial charge is 0.334 e. The number of aryl methyl sites for hydroxylation is 1. The van der Waals surface area contributed by atoms with Crippen LogP contribution in [0.25, 0.3) is 0 Å². The van der Waals surface area contributed by atoms with Gasteiger partial charge in [0.05, 0.1) is 12.2 Å². The normalized spacial score (nSPS) is 22.3. The van der Waals surface area contributed by atoms with Crippen molar-refractivity contribution in [2.75, 3.05) is 6.61 Å². The highest BCUT2D eigenvalue weighted by molar-refractivity contribution is 5.88. The fourth-order valence-corrected chi connectivity index (χ4v) is 1.81. The maximum atomic E-state index is 11.6. The number of aliphatic hydroxyl groups excluding tert-OH is 1. The minimum atomic E-state index is -1.23. The van der Waals surface area contributed by atoms with Gasteiger partial charge in [0, 0.05) is 11.8 Å². The van der Waals surface area contributed by atoms with Crippen LogP contribution in [0.5, 0.6) is 0 Å². The standard InChI is InChI=1S/C11H12N2O6/c1-5-3-13(11(18)12-9(5)15)8-2-6(10(16)17)7(4-14)19-8/h2-3,7-8,14H,4H2,1H3,(H,16,17)(H,12,15,18)/t7-,8?/m1/s1. The summed E-state index contributed by atoms with van der Waals surface area (Å²) in [4.78, 5) is 35.9. The van der Waals surface area contributed by atoms with Gasteiger partial charge in [-0.2, -0.15) is 0 Å². The Hall–Kier alpha value is -2.19. The van der Waals surface area contributed by atoms with E-state index in [1.807, 2.05) is 0 Å². The number of aliphatic hydroxyl groups is 1. The lowest BCUT2D eigenvalue weighted by Gasteiger charge is -2.15. The van der Waals surface area contributed by atoms with Crippen molar-refractivity contribution < 1.29 is 19.7 Å². The number of hydrogen-bond donors (Lipinski definition) is 3. The van der Waals surface area contributed by atoms with E-state index in [9.17, 15) is 14.4 Å². The Bertz CT molecular complexity index is 656. The molecule has 0 saturated heterocycles. The van der Waals surface area contributed by atoms with Gasteiger partial charge in [-0.3, -0.25) is 14.3 Å². The third-order valence-corrected chi connectivity index (χ3v) is 2.81. The number of H-pyrrole nitrogens is 1. The second-order valence-electron chi connectivity index (χ2n) is 4.10. The lowest BCUT2D eigenvalue weighted by atomic mass is 10.1. The molecule has 2 atom stereocenters. The fourth-order valence-electron chi connectivity index (χ4n) is 1.81. The lowest BCUT2D eigenvalue weighted by Crippen LogP contribution is -2.33. The van der Waals surface area contributed by atoms with Crippen molar-refractivity contribution in [2.45, 2.75) is 19.3 Å². The number of hydrogen-bond acceptors (Lipinski definition) is 5. The van der Waals surface area contributed by atoms with Crippen LogP contribution >= 0.6 is 0 Å². The van der Waals surface area contributed by atoms with E-state index >= 15 is 0 Å². The molecule has 1 aliphatic rings. The van der Waals surface area contributed by atoms with Crippen LogP contribution in [0.1, 0.15) is 11.8 Å². The number of carbonyl (C=O) groups is 1. The number of aromatic nitrogens is 2. The van der Waals surface area contributed by atoms with Gasteiger partial charge in [-0.1, -0.05) is 0 Å². The third-order valence-electron chi connectivity index (χ3n) is 2.81. The summed E-state index contributed by atoms with van der Waals surface area (Å²) in [6.07, 6.45) is 0.539. The number of aromatic amines is 1. The average molecular weight is 268 g/mol. The molecule has 0 amide bonds. The molecule has 0 spiro atoms.